The minimum absolute atomic E-state index is 0.114. The van der Waals surface area contributed by atoms with Gasteiger partial charge in [-0.2, -0.15) is 5.26 Å². The molecule has 174 valence electrons. The second-order valence-electron chi connectivity index (χ2n) is 6.95. The van der Waals surface area contributed by atoms with E-state index in [1.165, 1.54) is 19.2 Å². The number of benzene rings is 2. The van der Waals surface area contributed by atoms with Gasteiger partial charge in [0.25, 0.3) is 5.69 Å². The van der Waals surface area contributed by atoms with Gasteiger partial charge in [0.2, 0.25) is 0 Å². The van der Waals surface area contributed by atoms with Crippen LogP contribution in [0, 0.1) is 21.4 Å². The number of hydrogen-bond donors (Lipinski definition) is 1. The van der Waals surface area contributed by atoms with Crippen LogP contribution in [0.5, 0.6) is 5.75 Å². The maximum Gasteiger partial charge on any atom is 0.355 e. The van der Waals surface area contributed by atoms with Gasteiger partial charge in [0.15, 0.2) is 0 Å². The van der Waals surface area contributed by atoms with Gasteiger partial charge in [-0.1, -0.05) is 30.3 Å². The number of allylic oxidation sites excluding steroid dienone is 1. The Morgan fingerprint density at radius 3 is 2.26 bits per heavy atom. The zero-order valence-electron chi connectivity index (χ0n) is 18.5. The van der Waals surface area contributed by atoms with Crippen molar-refractivity contribution in [2.45, 2.75) is 5.92 Å². The van der Waals surface area contributed by atoms with Crippen molar-refractivity contribution < 1.29 is 28.7 Å². The van der Waals surface area contributed by atoms with Crippen LogP contribution < -0.4 is 15.4 Å². The van der Waals surface area contributed by atoms with Crippen molar-refractivity contribution in [2.75, 3.05) is 26.2 Å². The molecule has 0 fully saturated rings. The Morgan fingerprint density at radius 2 is 1.74 bits per heavy atom. The van der Waals surface area contributed by atoms with Crippen LogP contribution in [-0.4, -0.2) is 38.2 Å². The van der Waals surface area contributed by atoms with E-state index in [9.17, 15) is 25.0 Å². The molecule has 0 radical (unpaired) electrons. The summed E-state index contributed by atoms with van der Waals surface area (Å²) in [4.78, 5) is 38.1. The zero-order valence-corrected chi connectivity index (χ0v) is 18.5. The van der Waals surface area contributed by atoms with Crippen molar-refractivity contribution in [3.63, 3.8) is 0 Å². The Balaban J connectivity index is 2.49. The minimum Gasteiger partial charge on any atom is -0.497 e. The lowest BCUT2D eigenvalue weighted by Crippen LogP contribution is -2.41. The third-order valence-electron chi connectivity index (χ3n) is 5.23. The molecule has 2 aromatic carbocycles. The minimum atomic E-state index is -1.09. The fourth-order valence-corrected chi connectivity index (χ4v) is 3.73. The Kier molecular flexibility index (Phi) is 6.82. The highest BCUT2D eigenvalue weighted by Crippen LogP contribution is 2.45. The quantitative estimate of drug-likeness (QED) is 0.382. The summed E-state index contributed by atoms with van der Waals surface area (Å²) in [6.07, 6.45) is 0. The van der Waals surface area contributed by atoms with Crippen LogP contribution >= 0.6 is 0 Å². The van der Waals surface area contributed by atoms with E-state index in [0.29, 0.717) is 5.56 Å². The molecule has 0 spiro atoms. The zero-order chi connectivity index (χ0) is 25.0. The van der Waals surface area contributed by atoms with E-state index in [1.807, 2.05) is 6.07 Å². The van der Waals surface area contributed by atoms with E-state index in [-0.39, 0.29) is 28.4 Å². The van der Waals surface area contributed by atoms with E-state index in [0.717, 1.165) is 25.2 Å². The SMILES string of the molecule is COC(=O)C1=C(C(=O)OC)N(c2cc(OC)ccc2[N+](=O)[O-])C(N)=C(C#N)C1c1ccccc1. The molecule has 1 atom stereocenters. The predicted molar refractivity (Wildman–Crippen MR) is 119 cm³/mol. The topological polar surface area (TPSA) is 158 Å². The molecule has 11 heteroatoms. The first-order chi connectivity index (χ1) is 16.3. The van der Waals surface area contributed by atoms with Gasteiger partial charge in [-0.05, 0) is 11.6 Å². The lowest BCUT2D eigenvalue weighted by atomic mass is 9.81. The monoisotopic (exact) mass is 464 g/mol. The van der Waals surface area contributed by atoms with Gasteiger partial charge in [-0.15, -0.1) is 0 Å². The second kappa shape index (κ2) is 9.74. The van der Waals surface area contributed by atoms with Gasteiger partial charge in [-0.25, -0.2) is 9.59 Å². The highest BCUT2D eigenvalue weighted by molar-refractivity contribution is 6.06. The number of anilines is 1. The molecule has 2 N–H and O–H groups in total. The van der Waals surface area contributed by atoms with E-state index in [1.54, 1.807) is 30.3 Å². The average molecular weight is 464 g/mol. The number of nitro benzene ring substituents is 1. The Morgan fingerprint density at radius 1 is 1.09 bits per heavy atom. The summed E-state index contributed by atoms with van der Waals surface area (Å²) < 4.78 is 15.0. The largest absolute Gasteiger partial charge is 0.497 e. The molecule has 11 nitrogen and oxygen atoms in total. The van der Waals surface area contributed by atoms with Gasteiger partial charge in [-0.3, -0.25) is 15.0 Å². The van der Waals surface area contributed by atoms with E-state index >= 15 is 0 Å². The second-order valence-corrected chi connectivity index (χ2v) is 6.95. The van der Waals surface area contributed by atoms with Crippen molar-refractivity contribution in [3.8, 4) is 11.8 Å². The predicted octanol–water partition coefficient (Wildman–Crippen LogP) is 2.50. The van der Waals surface area contributed by atoms with Crippen LogP contribution in [0.3, 0.4) is 0 Å². The van der Waals surface area contributed by atoms with Gasteiger partial charge < -0.3 is 19.9 Å². The van der Waals surface area contributed by atoms with Crippen LogP contribution in [0.25, 0.3) is 0 Å². The summed E-state index contributed by atoms with van der Waals surface area (Å²) in [6.45, 7) is 0. The number of nitriles is 1. The number of carbonyl (C=O) groups is 2. The Hall–Kier alpha value is -4.85. The molecule has 0 aromatic heterocycles. The number of esters is 2. The number of hydrogen-bond acceptors (Lipinski definition) is 10. The smallest absolute Gasteiger partial charge is 0.355 e. The summed E-state index contributed by atoms with van der Waals surface area (Å²) in [5.41, 5.74) is 5.39. The molecule has 1 aliphatic rings. The summed E-state index contributed by atoms with van der Waals surface area (Å²) in [7, 11) is 3.54. The molecule has 34 heavy (non-hydrogen) atoms. The van der Waals surface area contributed by atoms with Crippen LogP contribution in [0.1, 0.15) is 11.5 Å². The van der Waals surface area contributed by atoms with Gasteiger partial charge >= 0.3 is 11.9 Å². The summed E-state index contributed by atoms with van der Waals surface area (Å²) in [6, 6.07) is 14.2. The summed E-state index contributed by atoms with van der Waals surface area (Å²) >= 11 is 0. The molecular weight excluding hydrogens is 444 g/mol. The molecule has 1 heterocycles. The normalized spacial score (nSPS) is 15.5. The maximum atomic E-state index is 13.0. The third-order valence-corrected chi connectivity index (χ3v) is 5.23. The molecule has 3 rings (SSSR count). The summed E-state index contributed by atoms with van der Waals surface area (Å²) in [5, 5.41) is 21.8. The first kappa shape index (κ1) is 23.8. The maximum absolute atomic E-state index is 13.0. The van der Waals surface area contributed by atoms with Crippen molar-refractivity contribution in [2.24, 2.45) is 5.73 Å². The van der Waals surface area contributed by atoms with E-state index in [4.69, 9.17) is 19.9 Å². The highest BCUT2D eigenvalue weighted by Gasteiger charge is 2.44. The standard InChI is InChI=1S/C23H20N4O7/c1-32-14-9-10-16(27(30)31)17(11-14)26-20(23(29)34-3)19(22(28)33-2)18(15(12-24)21(26)25)13-7-5-4-6-8-13/h4-11,18H,25H2,1-3H3. The third kappa shape index (κ3) is 4.00. The van der Waals surface area contributed by atoms with Crippen LogP contribution in [0.2, 0.25) is 0 Å². The van der Waals surface area contributed by atoms with Crippen LogP contribution in [-0.2, 0) is 19.1 Å². The number of carbonyl (C=O) groups excluding carboxylic acids is 2. The molecule has 0 amide bonds. The Bertz CT molecular complexity index is 1260. The first-order valence-electron chi connectivity index (χ1n) is 9.78. The molecule has 1 aliphatic heterocycles. The molecule has 0 aliphatic carbocycles. The first-order valence-corrected chi connectivity index (χ1v) is 9.78. The molecule has 2 aromatic rings. The van der Waals surface area contributed by atoms with Gasteiger partial charge in [0.05, 0.1) is 49.4 Å². The fourth-order valence-electron chi connectivity index (χ4n) is 3.73. The van der Waals surface area contributed by atoms with E-state index < -0.39 is 34.2 Å². The highest BCUT2D eigenvalue weighted by atomic mass is 16.6. The molecule has 0 bridgehead atoms. The number of nitrogens with zero attached hydrogens (tertiary/aromatic N) is 3. The summed E-state index contributed by atoms with van der Waals surface area (Å²) in [5.74, 6) is -3.13. The van der Waals surface area contributed by atoms with E-state index in [2.05, 4.69) is 0 Å². The number of nitro groups is 1. The molecule has 1 unspecified atom stereocenters. The number of ether oxygens (including phenoxy) is 3. The van der Waals surface area contributed by atoms with Crippen molar-refractivity contribution in [1.29, 1.82) is 5.26 Å². The van der Waals surface area contributed by atoms with Crippen LogP contribution in [0.4, 0.5) is 11.4 Å². The number of nitrogens with two attached hydrogens (primary N) is 1. The molecule has 0 saturated heterocycles. The lowest BCUT2D eigenvalue weighted by molar-refractivity contribution is -0.384. The molecular formula is C23H20N4O7. The lowest BCUT2D eigenvalue weighted by Gasteiger charge is -2.35. The van der Waals surface area contributed by atoms with Crippen molar-refractivity contribution in [1.82, 2.24) is 0 Å². The van der Waals surface area contributed by atoms with Crippen LogP contribution in [0.15, 0.2) is 71.2 Å². The van der Waals surface area contributed by atoms with Gasteiger partial charge in [0.1, 0.15) is 23.0 Å². The Labute approximate surface area is 194 Å². The fraction of sp³-hybridized carbons (Fsp3) is 0.174. The number of methoxy groups -OCH3 is 3. The number of rotatable bonds is 6. The van der Waals surface area contributed by atoms with Crippen molar-refractivity contribution in [3.05, 3.63) is 86.9 Å². The average Bonchev–Trinajstić information content (AvgIpc) is 2.86. The van der Waals surface area contributed by atoms with Crippen molar-refractivity contribution >= 4 is 23.3 Å². The van der Waals surface area contributed by atoms with Gasteiger partial charge in [0, 0.05) is 12.1 Å². The molecule has 0 saturated carbocycles.